The van der Waals surface area contributed by atoms with Crippen LogP contribution in [-0.2, 0) is 11.2 Å². The number of phenols is 1. The summed E-state index contributed by atoms with van der Waals surface area (Å²) in [4.78, 5) is 10.3. The van der Waals surface area contributed by atoms with Gasteiger partial charge in [-0.2, -0.15) is 0 Å². The molecule has 0 aliphatic carbocycles. The SMILES string of the molecule is O=C(O)CCc1cc(I)ccc1O. The van der Waals surface area contributed by atoms with Crippen molar-refractivity contribution in [2.24, 2.45) is 0 Å². The van der Waals surface area contributed by atoms with E-state index in [2.05, 4.69) is 22.6 Å². The van der Waals surface area contributed by atoms with Gasteiger partial charge in [0.1, 0.15) is 5.75 Å². The smallest absolute Gasteiger partial charge is 0.303 e. The van der Waals surface area contributed by atoms with Crippen LogP contribution in [0.5, 0.6) is 5.75 Å². The number of hydrogen-bond donors (Lipinski definition) is 2. The van der Waals surface area contributed by atoms with Gasteiger partial charge in [0.05, 0.1) is 0 Å². The molecule has 3 nitrogen and oxygen atoms in total. The van der Waals surface area contributed by atoms with Crippen LogP contribution in [0, 0.1) is 3.57 Å². The first-order chi connectivity index (χ1) is 6.09. The number of phenolic OH excluding ortho intramolecular Hbond substituents is 1. The van der Waals surface area contributed by atoms with Gasteiger partial charge in [0.2, 0.25) is 0 Å². The molecule has 0 heterocycles. The lowest BCUT2D eigenvalue weighted by Crippen LogP contribution is -1.97. The number of aliphatic carboxylic acids is 1. The fourth-order valence-electron chi connectivity index (χ4n) is 0.996. The third kappa shape index (κ3) is 3.22. The fourth-order valence-corrected chi connectivity index (χ4v) is 1.55. The Morgan fingerprint density at radius 3 is 2.77 bits per heavy atom. The average Bonchev–Trinajstić information content (AvgIpc) is 2.06. The molecule has 0 atom stereocenters. The van der Waals surface area contributed by atoms with Crippen LogP contribution in [0.25, 0.3) is 0 Å². The van der Waals surface area contributed by atoms with Crippen molar-refractivity contribution in [3.8, 4) is 5.75 Å². The minimum absolute atomic E-state index is 0.0493. The van der Waals surface area contributed by atoms with E-state index in [1.807, 2.05) is 0 Å². The maximum Gasteiger partial charge on any atom is 0.303 e. The van der Waals surface area contributed by atoms with Gasteiger partial charge in [0.15, 0.2) is 0 Å². The van der Waals surface area contributed by atoms with E-state index in [0.29, 0.717) is 12.0 Å². The van der Waals surface area contributed by atoms with Gasteiger partial charge in [-0.05, 0) is 52.8 Å². The summed E-state index contributed by atoms with van der Waals surface area (Å²) >= 11 is 2.12. The molecule has 0 amide bonds. The van der Waals surface area contributed by atoms with Gasteiger partial charge in [-0.15, -0.1) is 0 Å². The molecule has 0 spiro atoms. The van der Waals surface area contributed by atoms with Crippen molar-refractivity contribution in [2.45, 2.75) is 12.8 Å². The molecule has 1 aromatic rings. The number of carboxylic acids is 1. The molecule has 0 aliphatic rings. The first-order valence-corrected chi connectivity index (χ1v) is 4.86. The van der Waals surface area contributed by atoms with E-state index < -0.39 is 5.97 Å². The number of carbonyl (C=O) groups is 1. The lowest BCUT2D eigenvalue weighted by atomic mass is 10.1. The molecule has 0 saturated heterocycles. The number of carboxylic acid groups (broad SMARTS) is 1. The quantitative estimate of drug-likeness (QED) is 0.838. The summed E-state index contributed by atoms with van der Waals surface area (Å²) in [5, 5.41) is 17.8. The maximum absolute atomic E-state index is 10.3. The Hall–Kier alpha value is -0.780. The molecule has 0 unspecified atom stereocenters. The minimum Gasteiger partial charge on any atom is -0.508 e. The number of aryl methyl sites for hydroxylation is 1. The van der Waals surface area contributed by atoms with Crippen molar-refractivity contribution >= 4 is 28.6 Å². The van der Waals surface area contributed by atoms with Crippen LogP contribution >= 0.6 is 22.6 Å². The highest BCUT2D eigenvalue weighted by Crippen LogP contribution is 2.20. The molecule has 13 heavy (non-hydrogen) atoms. The zero-order valence-corrected chi connectivity index (χ0v) is 8.98. The first-order valence-electron chi connectivity index (χ1n) is 3.79. The Bertz CT molecular complexity index is 323. The highest BCUT2D eigenvalue weighted by Gasteiger charge is 2.04. The second-order valence-electron chi connectivity index (χ2n) is 2.67. The second-order valence-corrected chi connectivity index (χ2v) is 3.91. The van der Waals surface area contributed by atoms with Crippen molar-refractivity contribution < 1.29 is 15.0 Å². The Balaban J connectivity index is 2.75. The lowest BCUT2D eigenvalue weighted by molar-refractivity contribution is -0.136. The zero-order valence-electron chi connectivity index (χ0n) is 6.83. The summed E-state index contributed by atoms with van der Waals surface area (Å²) in [6.45, 7) is 0. The van der Waals surface area contributed by atoms with Crippen LogP contribution in [0.4, 0.5) is 0 Å². The van der Waals surface area contributed by atoms with E-state index in [-0.39, 0.29) is 12.2 Å². The molecule has 0 saturated carbocycles. The van der Waals surface area contributed by atoms with Gasteiger partial charge < -0.3 is 10.2 Å². The van der Waals surface area contributed by atoms with Gasteiger partial charge in [-0.1, -0.05) is 0 Å². The van der Waals surface area contributed by atoms with Crippen molar-refractivity contribution in [3.63, 3.8) is 0 Å². The first kappa shape index (κ1) is 10.3. The minimum atomic E-state index is -0.849. The molecule has 0 fully saturated rings. The number of halogens is 1. The number of benzene rings is 1. The van der Waals surface area contributed by atoms with Crippen LogP contribution in [0.1, 0.15) is 12.0 Å². The summed E-state index contributed by atoms with van der Waals surface area (Å²) < 4.78 is 0.996. The van der Waals surface area contributed by atoms with E-state index in [9.17, 15) is 9.90 Å². The Morgan fingerprint density at radius 1 is 1.46 bits per heavy atom. The highest BCUT2D eigenvalue weighted by atomic mass is 127. The molecule has 1 aromatic carbocycles. The normalized spacial score (nSPS) is 9.92. The standard InChI is InChI=1S/C9H9IO3/c10-7-2-3-8(11)6(5-7)1-4-9(12)13/h2-3,5,11H,1,4H2,(H,12,13). The summed E-state index contributed by atoms with van der Waals surface area (Å²) in [7, 11) is 0. The lowest BCUT2D eigenvalue weighted by Gasteiger charge is -2.02. The molecule has 0 bridgehead atoms. The van der Waals surface area contributed by atoms with Gasteiger partial charge in [-0.25, -0.2) is 0 Å². The number of rotatable bonds is 3. The average molecular weight is 292 g/mol. The summed E-state index contributed by atoms with van der Waals surface area (Å²) in [6, 6.07) is 5.15. The molecule has 0 aromatic heterocycles. The third-order valence-electron chi connectivity index (χ3n) is 1.65. The number of aromatic hydroxyl groups is 1. The van der Waals surface area contributed by atoms with E-state index in [1.165, 1.54) is 0 Å². The van der Waals surface area contributed by atoms with Crippen LogP contribution < -0.4 is 0 Å². The Kier molecular flexibility index (Phi) is 3.53. The summed E-state index contributed by atoms with van der Waals surface area (Å²) in [5.74, 6) is -0.681. The van der Waals surface area contributed by atoms with Crippen molar-refractivity contribution in [3.05, 3.63) is 27.3 Å². The van der Waals surface area contributed by atoms with Gasteiger partial charge >= 0.3 is 5.97 Å². The molecule has 0 aliphatic heterocycles. The largest absolute Gasteiger partial charge is 0.508 e. The molecule has 4 heteroatoms. The van der Waals surface area contributed by atoms with E-state index in [1.54, 1.807) is 18.2 Å². The van der Waals surface area contributed by atoms with Crippen LogP contribution in [-0.4, -0.2) is 16.2 Å². The molecular weight excluding hydrogens is 283 g/mol. The van der Waals surface area contributed by atoms with Crippen molar-refractivity contribution in [1.82, 2.24) is 0 Å². The Morgan fingerprint density at radius 2 is 2.15 bits per heavy atom. The second kappa shape index (κ2) is 4.45. The van der Waals surface area contributed by atoms with Crippen LogP contribution in [0.3, 0.4) is 0 Å². The van der Waals surface area contributed by atoms with Crippen molar-refractivity contribution in [2.75, 3.05) is 0 Å². The summed E-state index contributed by atoms with van der Waals surface area (Å²) in [5.41, 5.74) is 0.689. The summed E-state index contributed by atoms with van der Waals surface area (Å²) in [6.07, 6.45) is 0.422. The predicted molar refractivity (Wildman–Crippen MR) is 56.8 cm³/mol. The Labute approximate surface area is 89.5 Å². The van der Waals surface area contributed by atoms with Gasteiger partial charge in [0.25, 0.3) is 0 Å². The van der Waals surface area contributed by atoms with Gasteiger partial charge in [0, 0.05) is 9.99 Å². The maximum atomic E-state index is 10.3. The van der Waals surface area contributed by atoms with E-state index in [4.69, 9.17) is 5.11 Å². The van der Waals surface area contributed by atoms with Crippen LogP contribution in [0.15, 0.2) is 18.2 Å². The number of hydrogen-bond acceptors (Lipinski definition) is 2. The molecular formula is C9H9IO3. The molecule has 2 N–H and O–H groups in total. The zero-order chi connectivity index (χ0) is 9.84. The van der Waals surface area contributed by atoms with Gasteiger partial charge in [-0.3, -0.25) is 4.79 Å². The third-order valence-corrected chi connectivity index (χ3v) is 2.32. The highest BCUT2D eigenvalue weighted by molar-refractivity contribution is 14.1. The van der Waals surface area contributed by atoms with Crippen LogP contribution in [0.2, 0.25) is 0 Å². The van der Waals surface area contributed by atoms with E-state index >= 15 is 0 Å². The molecule has 0 radical (unpaired) electrons. The fraction of sp³-hybridized carbons (Fsp3) is 0.222. The molecule has 1 rings (SSSR count). The van der Waals surface area contributed by atoms with E-state index in [0.717, 1.165) is 3.57 Å². The monoisotopic (exact) mass is 292 g/mol. The topological polar surface area (TPSA) is 57.5 Å². The predicted octanol–water partition coefficient (Wildman–Crippen LogP) is 2.01. The molecule has 70 valence electrons. The van der Waals surface area contributed by atoms with Crippen molar-refractivity contribution in [1.29, 1.82) is 0 Å².